The summed E-state index contributed by atoms with van der Waals surface area (Å²) >= 11 is 0. The molecule has 1 aliphatic carbocycles. The molecule has 3 heteroatoms. The van der Waals surface area contributed by atoms with E-state index in [0.29, 0.717) is 11.5 Å². The van der Waals surface area contributed by atoms with Gasteiger partial charge in [0.1, 0.15) is 11.5 Å². The zero-order valence-corrected chi connectivity index (χ0v) is 12.8. The molecule has 23 heavy (non-hydrogen) atoms. The van der Waals surface area contributed by atoms with Crippen molar-refractivity contribution in [1.82, 2.24) is 5.32 Å². The molecule has 0 saturated carbocycles. The average molecular weight is 302 g/mol. The third kappa shape index (κ3) is 2.86. The van der Waals surface area contributed by atoms with E-state index >= 15 is 0 Å². The molecule has 2 unspecified atom stereocenters. The largest absolute Gasteiger partial charge is 0.457 e. The van der Waals surface area contributed by atoms with Crippen molar-refractivity contribution in [3.63, 3.8) is 0 Å². The van der Waals surface area contributed by atoms with Gasteiger partial charge >= 0.3 is 0 Å². The number of benzene rings is 2. The molecule has 1 fully saturated rings. The monoisotopic (exact) mass is 302 g/mol. The summed E-state index contributed by atoms with van der Waals surface area (Å²) in [5.41, 5.74) is 3.40. The quantitative estimate of drug-likeness (QED) is 0.933. The van der Waals surface area contributed by atoms with Crippen molar-refractivity contribution in [3.8, 4) is 17.6 Å². The summed E-state index contributed by atoms with van der Waals surface area (Å²) in [5, 5.41) is 12.3. The first kappa shape index (κ1) is 14.0. The van der Waals surface area contributed by atoms with Crippen molar-refractivity contribution in [2.24, 2.45) is 11.8 Å². The maximum absolute atomic E-state index is 8.81. The van der Waals surface area contributed by atoms with Gasteiger partial charge in [0.2, 0.25) is 0 Å². The molecule has 2 aliphatic rings. The first-order chi connectivity index (χ1) is 11.3. The van der Waals surface area contributed by atoms with Gasteiger partial charge in [-0.1, -0.05) is 18.2 Å². The van der Waals surface area contributed by atoms with E-state index < -0.39 is 0 Å². The number of nitrogens with one attached hydrogen (secondary N) is 1. The number of nitrogens with zero attached hydrogens (tertiary/aromatic N) is 1. The first-order valence-electron chi connectivity index (χ1n) is 8.02. The first-order valence-corrected chi connectivity index (χ1v) is 8.02. The predicted octanol–water partition coefficient (Wildman–Crippen LogP) is 3.97. The molecule has 1 N–H and O–H groups in total. The molecular weight excluding hydrogens is 284 g/mol. The Labute approximate surface area is 136 Å². The lowest BCUT2D eigenvalue weighted by atomic mass is 9.98. The Morgan fingerprint density at radius 2 is 1.65 bits per heavy atom. The second kappa shape index (κ2) is 5.91. The van der Waals surface area contributed by atoms with Crippen molar-refractivity contribution in [2.75, 3.05) is 13.1 Å². The highest BCUT2D eigenvalue weighted by Gasteiger charge is 2.31. The molecule has 2 aromatic carbocycles. The zero-order valence-electron chi connectivity index (χ0n) is 12.8. The summed E-state index contributed by atoms with van der Waals surface area (Å²) in [6, 6.07) is 17.6. The fraction of sp³-hybridized carbons (Fsp3) is 0.250. The van der Waals surface area contributed by atoms with Crippen molar-refractivity contribution >= 4 is 5.57 Å². The van der Waals surface area contributed by atoms with Crippen LogP contribution in [0.4, 0.5) is 0 Å². The van der Waals surface area contributed by atoms with Crippen molar-refractivity contribution < 1.29 is 4.74 Å². The minimum Gasteiger partial charge on any atom is -0.457 e. The molecule has 0 amide bonds. The van der Waals surface area contributed by atoms with E-state index in [1.807, 2.05) is 24.3 Å². The molecule has 2 aromatic rings. The lowest BCUT2D eigenvalue weighted by Gasteiger charge is -2.09. The van der Waals surface area contributed by atoms with Crippen LogP contribution in [-0.2, 0) is 0 Å². The molecule has 0 aromatic heterocycles. The number of rotatable bonds is 3. The van der Waals surface area contributed by atoms with Gasteiger partial charge in [-0.15, -0.1) is 0 Å². The van der Waals surface area contributed by atoms with Crippen LogP contribution in [0.3, 0.4) is 0 Å². The van der Waals surface area contributed by atoms with Crippen LogP contribution in [0.2, 0.25) is 0 Å². The smallest absolute Gasteiger partial charge is 0.127 e. The highest BCUT2D eigenvalue weighted by Crippen LogP contribution is 2.38. The molecule has 3 nitrogen and oxygen atoms in total. The normalized spacial score (nSPS) is 22.3. The van der Waals surface area contributed by atoms with Gasteiger partial charge in [-0.25, -0.2) is 0 Å². The van der Waals surface area contributed by atoms with Gasteiger partial charge in [0, 0.05) is 6.54 Å². The second-order valence-electron chi connectivity index (χ2n) is 6.24. The molecule has 1 aliphatic heterocycles. The summed E-state index contributed by atoms with van der Waals surface area (Å²) in [6.45, 7) is 2.26. The molecule has 0 bridgehead atoms. The van der Waals surface area contributed by atoms with Crippen molar-refractivity contribution in [3.05, 3.63) is 65.7 Å². The molecular formula is C20H18N2O. The van der Waals surface area contributed by atoms with Gasteiger partial charge in [0.15, 0.2) is 0 Å². The standard InChI is InChI=1S/C20H18N2O/c21-11-14-1-5-19(6-2-14)23-20-7-3-15(4-8-20)16-9-17-12-22-13-18(17)10-16/h1-9,17-18,22H,10,12-13H2. The third-order valence-corrected chi connectivity index (χ3v) is 4.73. The molecule has 1 saturated heterocycles. The molecule has 114 valence electrons. The van der Waals surface area contributed by atoms with Crippen molar-refractivity contribution in [1.29, 1.82) is 5.26 Å². The number of hydrogen-bond acceptors (Lipinski definition) is 3. The second-order valence-corrected chi connectivity index (χ2v) is 6.24. The summed E-state index contributed by atoms with van der Waals surface area (Å²) in [5.74, 6) is 3.05. The van der Waals surface area contributed by atoms with Gasteiger partial charge in [-0.3, -0.25) is 0 Å². The molecule has 0 spiro atoms. The minimum absolute atomic E-state index is 0.640. The number of fused-ring (bicyclic) bond motifs is 1. The molecule has 4 rings (SSSR count). The Balaban J connectivity index is 1.46. The summed E-state index contributed by atoms with van der Waals surface area (Å²) in [6.07, 6.45) is 3.61. The van der Waals surface area contributed by atoms with Crippen LogP contribution >= 0.6 is 0 Å². The van der Waals surface area contributed by atoms with E-state index in [0.717, 1.165) is 30.5 Å². The molecule has 0 radical (unpaired) electrons. The lowest BCUT2D eigenvalue weighted by molar-refractivity contribution is 0.482. The van der Waals surface area contributed by atoms with Crippen LogP contribution < -0.4 is 10.1 Å². The van der Waals surface area contributed by atoms with Gasteiger partial charge in [0.05, 0.1) is 11.6 Å². The Hall–Kier alpha value is -2.57. The minimum atomic E-state index is 0.640. The Kier molecular flexibility index (Phi) is 3.61. The topological polar surface area (TPSA) is 45.0 Å². The van der Waals surface area contributed by atoms with Gasteiger partial charge < -0.3 is 10.1 Å². The maximum Gasteiger partial charge on any atom is 0.127 e. The number of nitriles is 1. The lowest BCUT2D eigenvalue weighted by Crippen LogP contribution is -2.09. The van der Waals surface area contributed by atoms with E-state index in [9.17, 15) is 0 Å². The summed E-state index contributed by atoms with van der Waals surface area (Å²) in [7, 11) is 0. The number of ether oxygens (including phenoxy) is 1. The van der Waals surface area contributed by atoms with Crippen molar-refractivity contribution in [2.45, 2.75) is 6.42 Å². The summed E-state index contributed by atoms with van der Waals surface area (Å²) < 4.78 is 5.83. The van der Waals surface area contributed by atoms with Crippen LogP contribution in [0.15, 0.2) is 54.6 Å². The van der Waals surface area contributed by atoms with Gasteiger partial charge in [0.25, 0.3) is 0 Å². The summed E-state index contributed by atoms with van der Waals surface area (Å²) in [4.78, 5) is 0. The van der Waals surface area contributed by atoms with E-state index in [4.69, 9.17) is 10.00 Å². The van der Waals surface area contributed by atoms with Gasteiger partial charge in [-0.05, 0) is 72.3 Å². The SMILES string of the molecule is N#Cc1ccc(Oc2ccc(C3=CC4CNCC4C3)cc2)cc1. The van der Waals surface area contributed by atoms with Crippen LogP contribution in [0.5, 0.6) is 11.5 Å². The highest BCUT2D eigenvalue weighted by atomic mass is 16.5. The fourth-order valence-electron chi connectivity index (χ4n) is 3.47. The van der Waals surface area contributed by atoms with Crippen LogP contribution in [0, 0.1) is 23.2 Å². The molecule has 2 atom stereocenters. The van der Waals surface area contributed by atoms with E-state index in [1.165, 1.54) is 17.6 Å². The third-order valence-electron chi connectivity index (χ3n) is 4.73. The maximum atomic E-state index is 8.81. The molecule has 1 heterocycles. The van der Waals surface area contributed by atoms with Crippen LogP contribution in [-0.4, -0.2) is 13.1 Å². The Bertz CT molecular complexity index is 769. The fourth-order valence-corrected chi connectivity index (χ4v) is 3.47. The predicted molar refractivity (Wildman–Crippen MR) is 90.1 cm³/mol. The van der Waals surface area contributed by atoms with E-state index in [2.05, 4.69) is 29.6 Å². The zero-order chi connectivity index (χ0) is 15.6. The number of hydrogen-bond donors (Lipinski definition) is 1. The van der Waals surface area contributed by atoms with Crippen LogP contribution in [0.25, 0.3) is 5.57 Å². The van der Waals surface area contributed by atoms with E-state index in [1.54, 1.807) is 12.1 Å². The average Bonchev–Trinajstić information content (AvgIpc) is 3.18. The Morgan fingerprint density at radius 3 is 2.30 bits per heavy atom. The van der Waals surface area contributed by atoms with E-state index in [-0.39, 0.29) is 0 Å². The number of allylic oxidation sites excluding steroid dienone is 1. The highest BCUT2D eigenvalue weighted by molar-refractivity contribution is 5.69. The Morgan fingerprint density at radius 1 is 0.957 bits per heavy atom. The van der Waals surface area contributed by atoms with Crippen LogP contribution in [0.1, 0.15) is 17.5 Å². The van der Waals surface area contributed by atoms with Gasteiger partial charge in [-0.2, -0.15) is 5.26 Å².